The Kier molecular flexibility index (Phi) is 7.92. The van der Waals surface area contributed by atoms with E-state index in [4.69, 9.17) is 0 Å². The van der Waals surface area contributed by atoms with E-state index in [1.807, 2.05) is 56.3 Å². The second-order valence-electron chi connectivity index (χ2n) is 10.9. The maximum Gasteiger partial charge on any atom is 0.217 e. The molecule has 0 saturated heterocycles. The van der Waals surface area contributed by atoms with Crippen molar-refractivity contribution in [2.45, 2.75) is 83.5 Å². The molecule has 3 atom stereocenters. The maximum atomic E-state index is 13.2. The van der Waals surface area contributed by atoms with Crippen molar-refractivity contribution < 1.29 is 14.7 Å². The Morgan fingerprint density at radius 3 is 2.51 bits per heavy atom. The minimum absolute atomic E-state index is 0.0626. The van der Waals surface area contributed by atoms with Crippen molar-refractivity contribution in [2.24, 2.45) is 5.41 Å². The number of fused-ring (bicyclic) bond motifs is 1. The van der Waals surface area contributed by atoms with Crippen LogP contribution < -0.4 is 16.0 Å². The van der Waals surface area contributed by atoms with E-state index in [1.165, 1.54) is 32.6 Å². The van der Waals surface area contributed by atoms with Gasteiger partial charge in [-0.3, -0.25) is 9.59 Å². The van der Waals surface area contributed by atoms with Gasteiger partial charge in [0, 0.05) is 42.2 Å². The molecule has 6 nitrogen and oxygen atoms in total. The van der Waals surface area contributed by atoms with Gasteiger partial charge < -0.3 is 21.1 Å². The number of aliphatic hydroxyl groups excluding tert-OH is 1. The normalized spacial score (nSPS) is 21.3. The predicted molar refractivity (Wildman–Crippen MR) is 140 cm³/mol. The number of ketones is 1. The van der Waals surface area contributed by atoms with Crippen LogP contribution >= 0.6 is 0 Å². The molecule has 0 aromatic heterocycles. The third kappa shape index (κ3) is 6.30. The summed E-state index contributed by atoms with van der Waals surface area (Å²) >= 11 is 0. The molecule has 0 unspecified atom stereocenters. The molecule has 2 aliphatic carbocycles. The zero-order valence-electron chi connectivity index (χ0n) is 21.1. The van der Waals surface area contributed by atoms with Crippen LogP contribution in [0.2, 0.25) is 0 Å². The number of carbonyl (C=O) groups excluding carboxylic acids is 2. The van der Waals surface area contributed by atoms with E-state index in [1.54, 1.807) is 0 Å². The number of hydrogen-bond donors (Lipinski definition) is 4. The average Bonchev–Trinajstić information content (AvgIpc) is 3.33. The Bertz CT molecular complexity index is 1030. The summed E-state index contributed by atoms with van der Waals surface area (Å²) in [6, 6.07) is 16.0. The minimum Gasteiger partial charge on any atom is -0.390 e. The van der Waals surface area contributed by atoms with Gasteiger partial charge in [0.2, 0.25) is 5.91 Å². The Labute approximate surface area is 208 Å². The van der Waals surface area contributed by atoms with Gasteiger partial charge in [0.05, 0.1) is 12.1 Å². The molecule has 1 fully saturated rings. The van der Waals surface area contributed by atoms with Crippen LogP contribution in [0.4, 0.5) is 5.69 Å². The van der Waals surface area contributed by atoms with Gasteiger partial charge in [0.15, 0.2) is 5.78 Å². The number of aliphatic hydroxyl groups is 1. The summed E-state index contributed by atoms with van der Waals surface area (Å²) in [6.45, 7) is 5.77. The molecule has 0 bridgehead atoms. The second-order valence-corrected chi connectivity index (χ2v) is 10.9. The summed E-state index contributed by atoms with van der Waals surface area (Å²) in [6.07, 6.45) is 5.31. The van der Waals surface area contributed by atoms with Gasteiger partial charge in [-0.2, -0.15) is 0 Å². The fourth-order valence-corrected chi connectivity index (χ4v) is 5.53. The van der Waals surface area contributed by atoms with Gasteiger partial charge in [0.1, 0.15) is 0 Å². The molecule has 1 amide bonds. The average molecular weight is 478 g/mol. The molecule has 0 heterocycles. The molecule has 6 heteroatoms. The van der Waals surface area contributed by atoms with Gasteiger partial charge in [-0.1, -0.05) is 57.0 Å². The minimum atomic E-state index is -0.775. The standard InChI is InChI=1S/C29H39N3O3/c1-19(33)31-25(15-20-9-5-4-6-10-20)27(34)18-30-26-17-29(2,3)28(35)23-14-13-22(16-24(23)26)32-21-11-7-8-12-21/h4-6,9-10,13-14,16,21,25-27,30,32,34H,7-8,11-12,15,17-18H2,1-3H3,(H,31,33)/t25-,26-,27+/m0/s1. The molecule has 4 rings (SSSR count). The quantitative estimate of drug-likeness (QED) is 0.430. The van der Waals surface area contributed by atoms with Crippen LogP contribution in [0.3, 0.4) is 0 Å². The lowest BCUT2D eigenvalue weighted by molar-refractivity contribution is -0.120. The molecular weight excluding hydrogens is 438 g/mol. The van der Waals surface area contributed by atoms with Gasteiger partial charge >= 0.3 is 0 Å². The molecule has 35 heavy (non-hydrogen) atoms. The lowest BCUT2D eigenvalue weighted by Gasteiger charge is -2.37. The van der Waals surface area contributed by atoms with Crippen molar-refractivity contribution in [1.82, 2.24) is 10.6 Å². The fourth-order valence-electron chi connectivity index (χ4n) is 5.53. The van der Waals surface area contributed by atoms with Crippen LogP contribution in [0.1, 0.15) is 80.4 Å². The Hall–Kier alpha value is -2.70. The number of hydrogen-bond acceptors (Lipinski definition) is 5. The van der Waals surface area contributed by atoms with E-state index in [9.17, 15) is 14.7 Å². The summed E-state index contributed by atoms with van der Waals surface area (Å²) in [4.78, 5) is 25.0. The van der Waals surface area contributed by atoms with E-state index >= 15 is 0 Å². The number of amides is 1. The summed E-state index contributed by atoms with van der Waals surface area (Å²) in [5, 5.41) is 21.2. The molecule has 1 saturated carbocycles. The molecular formula is C29H39N3O3. The number of carbonyl (C=O) groups is 2. The first kappa shape index (κ1) is 25.4. The third-order valence-corrected chi connectivity index (χ3v) is 7.45. The van der Waals surface area contributed by atoms with Crippen molar-refractivity contribution in [2.75, 3.05) is 11.9 Å². The van der Waals surface area contributed by atoms with Crippen molar-refractivity contribution in [1.29, 1.82) is 0 Å². The number of Topliss-reactive ketones (excluding diaryl/α,β-unsaturated/α-hetero) is 1. The van der Waals surface area contributed by atoms with Gasteiger partial charge in [-0.25, -0.2) is 0 Å². The molecule has 2 aromatic carbocycles. The van der Waals surface area contributed by atoms with Crippen LogP contribution in [0.25, 0.3) is 0 Å². The number of nitrogens with one attached hydrogen (secondary N) is 3. The first-order valence-corrected chi connectivity index (χ1v) is 12.9. The lowest BCUT2D eigenvalue weighted by Crippen LogP contribution is -2.49. The molecule has 0 radical (unpaired) electrons. The number of rotatable bonds is 9. The largest absolute Gasteiger partial charge is 0.390 e. The van der Waals surface area contributed by atoms with E-state index in [0.717, 1.165) is 22.4 Å². The van der Waals surface area contributed by atoms with Crippen LogP contribution in [0.15, 0.2) is 48.5 Å². The fraction of sp³-hybridized carbons (Fsp3) is 0.517. The molecule has 0 aliphatic heterocycles. The second kappa shape index (κ2) is 10.9. The van der Waals surface area contributed by atoms with Gasteiger partial charge in [0.25, 0.3) is 0 Å². The first-order valence-electron chi connectivity index (χ1n) is 12.9. The number of anilines is 1. The highest BCUT2D eigenvalue weighted by Crippen LogP contribution is 2.41. The van der Waals surface area contributed by atoms with Crippen molar-refractivity contribution in [3.05, 3.63) is 65.2 Å². The number of benzene rings is 2. The first-order chi connectivity index (χ1) is 16.7. The van der Waals surface area contributed by atoms with E-state index in [-0.39, 0.29) is 17.7 Å². The predicted octanol–water partition coefficient (Wildman–Crippen LogP) is 4.39. The van der Waals surface area contributed by atoms with Crippen LogP contribution in [-0.2, 0) is 11.2 Å². The summed E-state index contributed by atoms with van der Waals surface area (Å²) in [7, 11) is 0. The monoisotopic (exact) mass is 477 g/mol. The van der Waals surface area contributed by atoms with E-state index < -0.39 is 17.6 Å². The molecule has 2 aliphatic rings. The molecule has 4 N–H and O–H groups in total. The maximum absolute atomic E-state index is 13.2. The summed E-state index contributed by atoms with van der Waals surface area (Å²) in [5.74, 6) is 0.000988. The van der Waals surface area contributed by atoms with Gasteiger partial charge in [-0.05, 0) is 55.0 Å². The van der Waals surface area contributed by atoms with Crippen LogP contribution in [0.5, 0.6) is 0 Å². The molecule has 2 aromatic rings. The lowest BCUT2D eigenvalue weighted by atomic mass is 9.70. The highest BCUT2D eigenvalue weighted by atomic mass is 16.3. The van der Waals surface area contributed by atoms with E-state index in [0.29, 0.717) is 25.4 Å². The molecule has 188 valence electrons. The Balaban J connectivity index is 1.50. The van der Waals surface area contributed by atoms with Crippen molar-refractivity contribution >= 4 is 17.4 Å². The Morgan fingerprint density at radius 2 is 1.83 bits per heavy atom. The van der Waals surface area contributed by atoms with Crippen molar-refractivity contribution in [3.63, 3.8) is 0 Å². The highest BCUT2D eigenvalue weighted by Gasteiger charge is 2.39. The Morgan fingerprint density at radius 1 is 1.11 bits per heavy atom. The summed E-state index contributed by atoms with van der Waals surface area (Å²) < 4.78 is 0. The zero-order chi connectivity index (χ0) is 25.0. The van der Waals surface area contributed by atoms with Crippen LogP contribution in [-0.4, -0.2) is 41.5 Å². The smallest absolute Gasteiger partial charge is 0.217 e. The van der Waals surface area contributed by atoms with Gasteiger partial charge in [-0.15, -0.1) is 0 Å². The van der Waals surface area contributed by atoms with Crippen LogP contribution in [0, 0.1) is 5.41 Å². The zero-order valence-corrected chi connectivity index (χ0v) is 21.1. The van der Waals surface area contributed by atoms with E-state index in [2.05, 4.69) is 22.0 Å². The molecule has 0 spiro atoms. The summed E-state index contributed by atoms with van der Waals surface area (Å²) in [5.41, 5.74) is 3.37. The highest BCUT2D eigenvalue weighted by molar-refractivity contribution is 6.03. The SMILES string of the molecule is CC(=O)N[C@@H](Cc1ccccc1)[C@H](O)CN[C@H]1CC(C)(C)C(=O)c2ccc(NC3CCCC3)cc21. The van der Waals surface area contributed by atoms with Crippen molar-refractivity contribution in [3.8, 4) is 0 Å². The third-order valence-electron chi connectivity index (χ3n) is 7.45. The topological polar surface area (TPSA) is 90.5 Å².